The van der Waals surface area contributed by atoms with Crippen molar-refractivity contribution in [3.05, 3.63) is 303 Å². The van der Waals surface area contributed by atoms with E-state index < -0.39 is 0 Å². The smallest absolute Gasteiger partial charge is 0.252 e. The Morgan fingerprint density at radius 1 is 0.230 bits per heavy atom. The zero-order valence-electron chi connectivity index (χ0n) is 47.2. The lowest BCUT2D eigenvalue weighted by Gasteiger charge is -2.34. The number of fused-ring (bicyclic) bond motifs is 10. The van der Waals surface area contributed by atoms with E-state index >= 15 is 0 Å². The maximum Gasteiger partial charge on any atom is 0.252 e. The van der Waals surface area contributed by atoms with Gasteiger partial charge in [0.15, 0.2) is 17.5 Å². The summed E-state index contributed by atoms with van der Waals surface area (Å²) >= 11 is 0. The molecule has 6 heteroatoms. The molecule has 0 atom stereocenters. The van der Waals surface area contributed by atoms with Gasteiger partial charge in [-0.25, -0.2) is 15.0 Å². The molecule has 0 N–H and O–H groups in total. The summed E-state index contributed by atoms with van der Waals surface area (Å²) < 4.78 is 5.25. The highest BCUT2D eigenvalue weighted by atomic mass is 15.1. The molecule has 0 saturated heterocycles. The molecule has 0 aliphatic carbocycles. The Balaban J connectivity index is 1.06. The molecule has 0 saturated carbocycles. The van der Waals surface area contributed by atoms with Crippen LogP contribution in [0.3, 0.4) is 0 Å². The van der Waals surface area contributed by atoms with E-state index in [0.29, 0.717) is 17.5 Å². The first-order chi connectivity index (χ1) is 43.2. The van der Waals surface area contributed by atoms with Gasteiger partial charge >= 0.3 is 0 Å². The Bertz CT molecular complexity index is 5070. The summed E-state index contributed by atoms with van der Waals surface area (Å²) in [5, 5.41) is 4.87. The van der Waals surface area contributed by atoms with Gasteiger partial charge in [-0.2, -0.15) is 0 Å². The highest BCUT2D eigenvalue weighted by Crippen LogP contribution is 2.50. The van der Waals surface area contributed by atoms with E-state index in [9.17, 15) is 0 Å². The molecule has 5 heterocycles. The van der Waals surface area contributed by atoms with Crippen LogP contribution in [-0.2, 0) is 0 Å². The van der Waals surface area contributed by atoms with E-state index in [1.54, 1.807) is 0 Å². The summed E-state index contributed by atoms with van der Waals surface area (Å²) in [7, 11) is 0. The van der Waals surface area contributed by atoms with Crippen LogP contribution in [0.25, 0.3) is 156 Å². The van der Waals surface area contributed by atoms with Gasteiger partial charge in [-0.05, 0) is 120 Å². The molecular weight excluding hydrogens is 1050 g/mol. The number of hydrogen-bond donors (Lipinski definition) is 0. The molecular formula is C81H50BN5. The van der Waals surface area contributed by atoms with Crippen molar-refractivity contribution < 1.29 is 0 Å². The molecule has 0 amide bonds. The van der Waals surface area contributed by atoms with Crippen molar-refractivity contribution in [3.8, 4) is 112 Å². The van der Waals surface area contributed by atoms with Crippen LogP contribution in [-0.4, -0.2) is 30.8 Å². The van der Waals surface area contributed by atoms with E-state index in [1.807, 2.05) is 12.1 Å². The van der Waals surface area contributed by atoms with Crippen molar-refractivity contribution in [1.82, 2.24) is 24.1 Å². The fraction of sp³-hybridized carbons (Fsp3) is 0. The lowest BCUT2D eigenvalue weighted by Crippen LogP contribution is -2.59. The maximum atomic E-state index is 5.53. The quantitative estimate of drug-likeness (QED) is 0.135. The Morgan fingerprint density at radius 2 is 0.529 bits per heavy atom. The van der Waals surface area contributed by atoms with Crippen molar-refractivity contribution in [2.75, 3.05) is 0 Å². The van der Waals surface area contributed by atoms with Crippen LogP contribution in [0.15, 0.2) is 303 Å². The largest absolute Gasteiger partial charge is 0.310 e. The number of hydrogen-bond acceptors (Lipinski definition) is 3. The average Bonchev–Trinajstić information content (AvgIpc) is 1.57. The van der Waals surface area contributed by atoms with Gasteiger partial charge in [0.1, 0.15) is 0 Å². The lowest BCUT2D eigenvalue weighted by molar-refractivity contribution is 1.07. The predicted molar refractivity (Wildman–Crippen MR) is 362 cm³/mol. The first-order valence-corrected chi connectivity index (χ1v) is 29.9. The minimum Gasteiger partial charge on any atom is -0.310 e. The molecule has 0 radical (unpaired) electrons. The van der Waals surface area contributed by atoms with Crippen molar-refractivity contribution >= 4 is 66.7 Å². The van der Waals surface area contributed by atoms with Gasteiger partial charge in [-0.3, -0.25) is 0 Å². The number of rotatable bonds is 9. The van der Waals surface area contributed by atoms with Crippen LogP contribution in [0, 0.1) is 0 Å². The number of benzene rings is 13. The second-order valence-electron chi connectivity index (χ2n) is 23.0. The first-order valence-electron chi connectivity index (χ1n) is 29.9. The van der Waals surface area contributed by atoms with Gasteiger partial charge in [-0.15, -0.1) is 0 Å². The first kappa shape index (κ1) is 49.0. The van der Waals surface area contributed by atoms with Crippen LogP contribution in [0.4, 0.5) is 0 Å². The van der Waals surface area contributed by atoms with Crippen molar-refractivity contribution in [2.45, 2.75) is 0 Å². The zero-order valence-corrected chi connectivity index (χ0v) is 47.2. The molecule has 87 heavy (non-hydrogen) atoms. The van der Waals surface area contributed by atoms with Crippen LogP contribution in [0.1, 0.15) is 0 Å². The fourth-order valence-corrected chi connectivity index (χ4v) is 14.4. The Hall–Kier alpha value is -11.5. The van der Waals surface area contributed by atoms with Crippen molar-refractivity contribution in [2.24, 2.45) is 0 Å². The highest BCUT2D eigenvalue weighted by molar-refractivity contribution is 7.00. The molecule has 2 aliphatic heterocycles. The van der Waals surface area contributed by atoms with Gasteiger partial charge in [0, 0.05) is 49.6 Å². The Morgan fingerprint density at radius 3 is 0.874 bits per heavy atom. The molecule has 2 aliphatic rings. The molecule has 16 aromatic rings. The lowest BCUT2D eigenvalue weighted by atomic mass is 9.34. The normalized spacial score (nSPS) is 12.1. The molecule has 0 spiro atoms. The molecule has 3 aromatic heterocycles. The number of aromatic nitrogens is 5. The van der Waals surface area contributed by atoms with E-state index in [2.05, 4.69) is 300 Å². The summed E-state index contributed by atoms with van der Waals surface area (Å²) in [6, 6.07) is 111. The van der Waals surface area contributed by atoms with Crippen LogP contribution >= 0.6 is 0 Å². The summed E-state index contributed by atoms with van der Waals surface area (Å²) in [5.41, 5.74) is 27.3. The Kier molecular flexibility index (Phi) is 11.0. The minimum atomic E-state index is -0.182. The minimum absolute atomic E-state index is 0.182. The molecule has 0 unspecified atom stereocenters. The molecule has 18 rings (SSSR count). The molecule has 0 bridgehead atoms. The second kappa shape index (κ2) is 19.6. The second-order valence-corrected chi connectivity index (χ2v) is 23.0. The Labute approximate surface area is 503 Å². The van der Waals surface area contributed by atoms with Crippen molar-refractivity contribution in [3.63, 3.8) is 0 Å². The summed E-state index contributed by atoms with van der Waals surface area (Å²) in [4.78, 5) is 16.3. The van der Waals surface area contributed by atoms with Gasteiger partial charge < -0.3 is 9.13 Å². The summed E-state index contributed by atoms with van der Waals surface area (Å²) in [6.45, 7) is -0.182. The van der Waals surface area contributed by atoms with Crippen LogP contribution < -0.4 is 16.4 Å². The number of nitrogens with zero attached hydrogens (tertiary/aromatic N) is 5. The molecule has 13 aromatic carbocycles. The summed E-state index contributed by atoms with van der Waals surface area (Å²) in [5.74, 6) is 1.82. The van der Waals surface area contributed by atoms with Crippen molar-refractivity contribution in [1.29, 1.82) is 0 Å². The van der Waals surface area contributed by atoms with Gasteiger partial charge in [0.2, 0.25) is 0 Å². The van der Waals surface area contributed by atoms with Gasteiger partial charge in [0.05, 0.1) is 22.1 Å². The highest BCUT2D eigenvalue weighted by Gasteiger charge is 2.43. The third kappa shape index (κ3) is 7.64. The van der Waals surface area contributed by atoms with E-state index in [0.717, 1.165) is 72.5 Å². The van der Waals surface area contributed by atoms with Crippen LogP contribution in [0.5, 0.6) is 0 Å². The third-order valence-corrected chi connectivity index (χ3v) is 18.1. The standard InChI is InChI=1S/C81H50BN5/c1-9-25-51(26-10-1)59-45-64(55-33-17-5-18-34-55)72-68(47-59)86-70-49-61(81-84-79(57-37-21-7-22-38-57)83-80(85-81)58-39-23-8-24-40-58)50-71-76(70)82(66-43-41-62(74(72)77(66)86)53-29-13-3-14-30-53)67-44-42-63(54-31-15-4-16-32-54)75-73-65(56-35-19-6-20-36-56)46-60(52-27-11-2-12-28-52)48-69(73)87(71)78(67)75/h1-50H. The predicted octanol–water partition coefficient (Wildman–Crippen LogP) is 18.2. The fourth-order valence-electron chi connectivity index (χ4n) is 14.4. The summed E-state index contributed by atoms with van der Waals surface area (Å²) in [6.07, 6.45) is 0. The van der Waals surface area contributed by atoms with E-state index in [4.69, 9.17) is 15.0 Å². The van der Waals surface area contributed by atoms with E-state index in [1.165, 1.54) is 82.3 Å². The van der Waals surface area contributed by atoms with Gasteiger partial charge in [-0.1, -0.05) is 267 Å². The molecule has 0 fully saturated rings. The molecule has 5 nitrogen and oxygen atoms in total. The zero-order chi connectivity index (χ0) is 57.1. The van der Waals surface area contributed by atoms with E-state index in [-0.39, 0.29) is 6.71 Å². The van der Waals surface area contributed by atoms with Gasteiger partial charge in [0.25, 0.3) is 6.71 Å². The SMILES string of the molecule is c1ccc(-c2cc(-c3ccccc3)c3c4c(-c5ccccc5)ccc5c4n(c3c2)-c2cc(-c3nc(-c4ccccc4)nc(-c4ccccc4)n3)cc3c2B5c2ccc(-c4ccccc4)c4c5c(-c6ccccc6)cc(-c6ccccc6)cc5n-3c24)cc1. The monoisotopic (exact) mass is 1100 g/mol. The maximum absolute atomic E-state index is 5.53. The topological polar surface area (TPSA) is 48.5 Å². The molecule has 402 valence electrons. The van der Waals surface area contributed by atoms with Crippen LogP contribution in [0.2, 0.25) is 0 Å². The third-order valence-electron chi connectivity index (χ3n) is 18.1. The average molecular weight is 1100 g/mol.